The van der Waals surface area contributed by atoms with E-state index in [1.54, 1.807) is 0 Å². The van der Waals surface area contributed by atoms with Gasteiger partial charge in [-0.3, -0.25) is 9.36 Å². The van der Waals surface area contributed by atoms with E-state index in [4.69, 9.17) is 14.5 Å². The molecular formula is C33H27F2N5O3S. The zero-order valence-electron chi connectivity index (χ0n) is 23.9. The van der Waals surface area contributed by atoms with Gasteiger partial charge in [0.05, 0.1) is 35.1 Å². The van der Waals surface area contributed by atoms with Crippen molar-refractivity contribution in [2.24, 2.45) is 0 Å². The van der Waals surface area contributed by atoms with Gasteiger partial charge in [-0.05, 0) is 62.1 Å². The Balaban J connectivity index is 1.41. The molecule has 8 nitrogen and oxygen atoms in total. The average molecular weight is 612 g/mol. The van der Waals surface area contributed by atoms with Crippen molar-refractivity contribution in [3.05, 3.63) is 101 Å². The number of piperidine rings is 1. The summed E-state index contributed by atoms with van der Waals surface area (Å²) in [7, 11) is 0. The predicted octanol–water partition coefficient (Wildman–Crippen LogP) is 7.45. The van der Waals surface area contributed by atoms with Crippen molar-refractivity contribution in [1.29, 1.82) is 0 Å². The molecule has 0 bridgehead atoms. The van der Waals surface area contributed by atoms with Crippen molar-refractivity contribution >= 4 is 34.0 Å². The predicted molar refractivity (Wildman–Crippen MR) is 164 cm³/mol. The Morgan fingerprint density at radius 2 is 1.80 bits per heavy atom. The summed E-state index contributed by atoms with van der Waals surface area (Å²) in [5.74, 6) is -0.915. The first-order valence-electron chi connectivity index (χ1n) is 14.2. The van der Waals surface area contributed by atoms with Crippen LogP contribution < -0.4 is 4.90 Å². The molecule has 0 radical (unpaired) electrons. The number of halogens is 2. The molecule has 7 rings (SSSR count). The first-order chi connectivity index (χ1) is 21.3. The van der Waals surface area contributed by atoms with E-state index in [1.165, 1.54) is 22.3 Å². The molecule has 4 heterocycles. The van der Waals surface area contributed by atoms with Crippen LogP contribution in [0.5, 0.6) is 0 Å². The molecule has 3 aromatic carbocycles. The van der Waals surface area contributed by atoms with E-state index in [9.17, 15) is 18.7 Å². The number of hydrogen-bond donors (Lipinski definition) is 1. The van der Waals surface area contributed by atoms with Gasteiger partial charge in [-0.25, -0.2) is 18.7 Å². The number of thiazole rings is 1. The molecule has 1 aliphatic heterocycles. The number of aliphatic hydroxyl groups excluding tert-OH is 1. The largest absolute Gasteiger partial charge is 0.392 e. The van der Waals surface area contributed by atoms with Crippen LogP contribution in [-0.4, -0.2) is 30.7 Å². The van der Waals surface area contributed by atoms with Crippen LogP contribution in [0.3, 0.4) is 0 Å². The van der Waals surface area contributed by atoms with Gasteiger partial charge in [-0.15, -0.1) is 11.3 Å². The Morgan fingerprint density at radius 3 is 2.52 bits per heavy atom. The minimum absolute atomic E-state index is 0.0442. The molecule has 1 fully saturated rings. The van der Waals surface area contributed by atoms with Crippen LogP contribution in [0.25, 0.3) is 38.5 Å². The van der Waals surface area contributed by atoms with Gasteiger partial charge in [0.15, 0.2) is 16.8 Å². The van der Waals surface area contributed by atoms with Gasteiger partial charge in [0.2, 0.25) is 5.91 Å². The lowest BCUT2D eigenvalue weighted by atomic mass is 9.99. The van der Waals surface area contributed by atoms with Crippen molar-refractivity contribution in [2.45, 2.75) is 45.8 Å². The highest BCUT2D eigenvalue weighted by atomic mass is 32.1. The molecule has 11 heteroatoms. The second-order valence-electron chi connectivity index (χ2n) is 10.8. The summed E-state index contributed by atoms with van der Waals surface area (Å²) in [5, 5.41) is 16.1. The fourth-order valence-corrected chi connectivity index (χ4v) is 6.78. The Labute approximate surface area is 255 Å². The van der Waals surface area contributed by atoms with E-state index in [0.717, 1.165) is 51.3 Å². The highest BCUT2D eigenvalue weighted by molar-refractivity contribution is 7.12. The number of imidazole rings is 1. The van der Waals surface area contributed by atoms with E-state index in [2.05, 4.69) is 5.16 Å². The van der Waals surface area contributed by atoms with E-state index in [0.29, 0.717) is 35.1 Å². The lowest BCUT2D eigenvalue weighted by molar-refractivity contribution is -0.120. The molecule has 0 aliphatic carbocycles. The van der Waals surface area contributed by atoms with Crippen LogP contribution in [-0.2, 0) is 11.4 Å². The van der Waals surface area contributed by atoms with Crippen LogP contribution in [0.2, 0.25) is 0 Å². The van der Waals surface area contributed by atoms with Gasteiger partial charge in [-0.2, -0.15) is 0 Å². The highest BCUT2D eigenvalue weighted by Gasteiger charge is 2.35. The standard InChI is InChI=1S/C33H27F2N5O3S/c1-18-31(19(2)43-38-18)22-10-13-28-26(14-22)36-32(29-4-3-5-30(42)39(29)23-11-12-24(34)25(35)15-23)40(28)33-37-27(17-44-33)21-8-6-20(16-41)7-9-21/h6-15,17,29,41H,3-5,16H2,1-2H3/t29-/m0/s1. The molecule has 0 unspecified atom stereocenters. The summed E-state index contributed by atoms with van der Waals surface area (Å²) >= 11 is 1.44. The van der Waals surface area contributed by atoms with Gasteiger partial charge >= 0.3 is 0 Å². The number of nitrogens with zero attached hydrogens (tertiary/aromatic N) is 5. The van der Waals surface area contributed by atoms with Gasteiger partial charge in [0.25, 0.3) is 0 Å². The molecule has 1 atom stereocenters. The summed E-state index contributed by atoms with van der Waals surface area (Å²) in [6.45, 7) is 3.70. The van der Waals surface area contributed by atoms with Gasteiger partial charge < -0.3 is 14.5 Å². The third-order valence-electron chi connectivity index (χ3n) is 8.05. The number of carbonyl (C=O) groups is 1. The van der Waals surface area contributed by atoms with Crippen molar-refractivity contribution in [3.63, 3.8) is 0 Å². The van der Waals surface area contributed by atoms with Crippen LogP contribution in [0, 0.1) is 25.5 Å². The number of amides is 1. The fraction of sp³-hybridized carbons (Fsp3) is 0.212. The first-order valence-corrected chi connectivity index (χ1v) is 15.1. The first kappa shape index (κ1) is 28.1. The minimum atomic E-state index is -1.02. The molecule has 3 aromatic heterocycles. The van der Waals surface area contributed by atoms with E-state index in [-0.39, 0.29) is 24.6 Å². The highest BCUT2D eigenvalue weighted by Crippen LogP contribution is 2.40. The van der Waals surface area contributed by atoms with Crippen LogP contribution in [0.1, 0.15) is 48.1 Å². The fourth-order valence-electron chi connectivity index (χ4n) is 5.93. The zero-order valence-corrected chi connectivity index (χ0v) is 24.7. The van der Waals surface area contributed by atoms with Crippen LogP contribution in [0.4, 0.5) is 14.5 Å². The molecule has 1 aliphatic rings. The lowest BCUT2D eigenvalue weighted by Crippen LogP contribution is -2.39. The molecule has 44 heavy (non-hydrogen) atoms. The van der Waals surface area contributed by atoms with Gasteiger partial charge in [0.1, 0.15) is 11.6 Å². The molecule has 0 saturated carbocycles. The second kappa shape index (κ2) is 11.1. The van der Waals surface area contributed by atoms with Crippen LogP contribution in [0.15, 0.2) is 70.6 Å². The number of hydrogen-bond acceptors (Lipinski definition) is 7. The third kappa shape index (κ3) is 4.78. The van der Waals surface area contributed by atoms with Crippen molar-refractivity contribution < 1.29 is 23.2 Å². The quantitative estimate of drug-likeness (QED) is 0.210. The van der Waals surface area contributed by atoms with Gasteiger partial charge in [0, 0.05) is 34.7 Å². The lowest BCUT2D eigenvalue weighted by Gasteiger charge is -2.35. The maximum absolute atomic E-state index is 14.4. The molecule has 1 N–H and O–H groups in total. The maximum Gasteiger partial charge on any atom is 0.227 e. The number of carbonyl (C=O) groups excluding carboxylic acids is 1. The Kier molecular flexibility index (Phi) is 7.06. The summed E-state index contributed by atoms with van der Waals surface area (Å²) in [6.07, 6.45) is 1.49. The van der Waals surface area contributed by atoms with E-state index in [1.807, 2.05) is 66.3 Å². The maximum atomic E-state index is 14.4. The Hall–Kier alpha value is -4.74. The Bertz CT molecular complexity index is 2010. The van der Waals surface area contributed by atoms with E-state index >= 15 is 0 Å². The van der Waals surface area contributed by atoms with Crippen LogP contribution >= 0.6 is 11.3 Å². The summed E-state index contributed by atoms with van der Waals surface area (Å²) in [5.41, 5.74) is 6.76. The zero-order chi connectivity index (χ0) is 30.5. The van der Waals surface area contributed by atoms with Gasteiger partial charge in [-0.1, -0.05) is 35.5 Å². The number of rotatable bonds is 6. The summed E-state index contributed by atoms with van der Waals surface area (Å²) in [6, 6.07) is 16.4. The van der Waals surface area contributed by atoms with Crippen molar-refractivity contribution in [3.8, 4) is 27.5 Å². The topological polar surface area (TPSA) is 97.3 Å². The number of aryl methyl sites for hydroxylation is 2. The molecule has 6 aromatic rings. The van der Waals surface area contributed by atoms with Crippen molar-refractivity contribution in [2.75, 3.05) is 4.90 Å². The summed E-state index contributed by atoms with van der Waals surface area (Å²) < 4.78 is 35.6. The van der Waals surface area contributed by atoms with E-state index < -0.39 is 17.7 Å². The number of fused-ring (bicyclic) bond motifs is 1. The molecule has 1 saturated heterocycles. The van der Waals surface area contributed by atoms with Crippen molar-refractivity contribution in [1.82, 2.24) is 19.7 Å². The molecule has 0 spiro atoms. The molecule has 1 amide bonds. The number of anilines is 1. The monoisotopic (exact) mass is 611 g/mol. The normalized spacial score (nSPS) is 15.4. The molecule has 222 valence electrons. The summed E-state index contributed by atoms with van der Waals surface area (Å²) in [4.78, 5) is 25.0. The second-order valence-corrected chi connectivity index (χ2v) is 11.7. The smallest absolute Gasteiger partial charge is 0.227 e. The minimum Gasteiger partial charge on any atom is -0.392 e. The SMILES string of the molecule is Cc1noc(C)c1-c1ccc2c(c1)nc([C@@H]1CCCC(=O)N1c1ccc(F)c(F)c1)n2-c1nc(-c2ccc(CO)cc2)cs1. The molecular weight excluding hydrogens is 584 g/mol. The average Bonchev–Trinajstić information content (AvgIpc) is 3.75. The number of aromatic nitrogens is 4. The third-order valence-corrected chi connectivity index (χ3v) is 8.87. The number of benzene rings is 3. The Morgan fingerprint density at radius 1 is 1.00 bits per heavy atom. The number of aliphatic hydroxyl groups is 1.